The van der Waals surface area contributed by atoms with Crippen LogP contribution in [0.2, 0.25) is 0 Å². The van der Waals surface area contributed by atoms with E-state index in [1.54, 1.807) is 6.07 Å². The van der Waals surface area contributed by atoms with Gasteiger partial charge in [0.2, 0.25) is 5.91 Å². The molecule has 1 amide bonds. The van der Waals surface area contributed by atoms with Gasteiger partial charge in [0.05, 0.1) is 0 Å². The van der Waals surface area contributed by atoms with Crippen molar-refractivity contribution in [2.24, 2.45) is 0 Å². The van der Waals surface area contributed by atoms with E-state index >= 15 is 0 Å². The van der Waals surface area contributed by atoms with Crippen LogP contribution in [0.3, 0.4) is 0 Å². The predicted molar refractivity (Wildman–Crippen MR) is 83.9 cm³/mol. The van der Waals surface area contributed by atoms with Crippen LogP contribution in [0.1, 0.15) is 37.3 Å². The molecule has 0 atom stereocenters. The summed E-state index contributed by atoms with van der Waals surface area (Å²) in [6.07, 6.45) is 0.878. The van der Waals surface area contributed by atoms with E-state index < -0.39 is 0 Å². The number of hydrogen-bond donors (Lipinski definition) is 1. The second kappa shape index (κ2) is 7.02. The van der Waals surface area contributed by atoms with Crippen molar-refractivity contribution in [1.82, 2.24) is 0 Å². The summed E-state index contributed by atoms with van der Waals surface area (Å²) in [6.45, 7) is 4.23. The lowest BCUT2D eigenvalue weighted by molar-refractivity contribution is -0.116. The fourth-order valence-electron chi connectivity index (χ4n) is 2.15. The summed E-state index contributed by atoms with van der Waals surface area (Å²) < 4.78 is 13.1. The predicted octanol–water partition coefficient (Wildman–Crippen LogP) is 4.52. The van der Waals surface area contributed by atoms with Crippen LogP contribution in [-0.4, -0.2) is 5.91 Å². The summed E-state index contributed by atoms with van der Waals surface area (Å²) in [7, 11) is 0. The molecule has 0 heterocycles. The van der Waals surface area contributed by atoms with Gasteiger partial charge in [0.1, 0.15) is 5.82 Å². The van der Waals surface area contributed by atoms with Crippen LogP contribution in [0.25, 0.3) is 0 Å². The maximum atomic E-state index is 13.1. The highest BCUT2D eigenvalue weighted by molar-refractivity contribution is 5.90. The molecule has 2 aromatic carbocycles. The first-order chi connectivity index (χ1) is 10.0. The van der Waals surface area contributed by atoms with Gasteiger partial charge in [0, 0.05) is 12.1 Å². The number of hydrogen-bond acceptors (Lipinski definition) is 1. The number of aryl methyl sites for hydroxylation is 1. The molecule has 0 unspecified atom stereocenters. The van der Waals surface area contributed by atoms with Gasteiger partial charge >= 0.3 is 0 Å². The van der Waals surface area contributed by atoms with E-state index in [0.717, 1.165) is 11.3 Å². The van der Waals surface area contributed by atoms with E-state index in [1.807, 2.05) is 30.3 Å². The van der Waals surface area contributed by atoms with Crippen LogP contribution in [0, 0.1) is 5.82 Å². The van der Waals surface area contributed by atoms with Gasteiger partial charge in [-0.2, -0.15) is 0 Å². The number of nitrogens with one attached hydrogen (secondary N) is 1. The molecular formula is C18H20FNO. The molecule has 1 N–H and O–H groups in total. The molecular weight excluding hydrogens is 265 g/mol. The SMILES string of the molecule is CC(C)c1cccc(NC(=O)CCc2cccc(F)c2)c1. The Hall–Kier alpha value is -2.16. The first-order valence-electron chi connectivity index (χ1n) is 7.19. The molecule has 0 radical (unpaired) electrons. The zero-order valence-electron chi connectivity index (χ0n) is 12.4. The normalized spacial score (nSPS) is 10.7. The lowest BCUT2D eigenvalue weighted by atomic mass is 10.0. The van der Waals surface area contributed by atoms with Crippen molar-refractivity contribution in [3.8, 4) is 0 Å². The lowest BCUT2D eigenvalue weighted by Crippen LogP contribution is -2.12. The highest BCUT2D eigenvalue weighted by Gasteiger charge is 2.05. The van der Waals surface area contributed by atoms with Gasteiger partial charge in [0.25, 0.3) is 0 Å². The van der Waals surface area contributed by atoms with Crippen LogP contribution < -0.4 is 5.32 Å². The minimum Gasteiger partial charge on any atom is -0.326 e. The van der Waals surface area contributed by atoms with Crippen molar-refractivity contribution >= 4 is 11.6 Å². The summed E-state index contributed by atoms with van der Waals surface area (Å²) in [6, 6.07) is 14.2. The van der Waals surface area contributed by atoms with E-state index in [0.29, 0.717) is 18.8 Å². The summed E-state index contributed by atoms with van der Waals surface area (Å²) in [5.41, 5.74) is 2.84. The van der Waals surface area contributed by atoms with Crippen molar-refractivity contribution in [2.45, 2.75) is 32.6 Å². The molecule has 3 heteroatoms. The topological polar surface area (TPSA) is 29.1 Å². The molecule has 2 rings (SSSR count). The summed E-state index contributed by atoms with van der Waals surface area (Å²) in [4.78, 5) is 11.9. The second-order valence-electron chi connectivity index (χ2n) is 5.46. The lowest BCUT2D eigenvalue weighted by Gasteiger charge is -2.09. The quantitative estimate of drug-likeness (QED) is 0.859. The monoisotopic (exact) mass is 285 g/mol. The second-order valence-corrected chi connectivity index (χ2v) is 5.46. The number of anilines is 1. The van der Waals surface area contributed by atoms with Crippen molar-refractivity contribution in [1.29, 1.82) is 0 Å². The first kappa shape index (κ1) is 15.2. The minimum absolute atomic E-state index is 0.0554. The Morgan fingerprint density at radius 2 is 1.90 bits per heavy atom. The summed E-state index contributed by atoms with van der Waals surface area (Å²) in [5.74, 6) is 0.104. The smallest absolute Gasteiger partial charge is 0.224 e. The van der Waals surface area contributed by atoms with Crippen molar-refractivity contribution < 1.29 is 9.18 Å². The number of carbonyl (C=O) groups is 1. The van der Waals surface area contributed by atoms with Crippen LogP contribution in [-0.2, 0) is 11.2 Å². The molecule has 0 aromatic heterocycles. The Bertz CT molecular complexity index is 622. The van der Waals surface area contributed by atoms with Gasteiger partial charge in [-0.05, 0) is 47.7 Å². The molecule has 0 bridgehead atoms. The Morgan fingerprint density at radius 1 is 1.14 bits per heavy atom. The fraction of sp³-hybridized carbons (Fsp3) is 0.278. The third-order valence-corrected chi connectivity index (χ3v) is 3.37. The van der Waals surface area contributed by atoms with Crippen LogP contribution >= 0.6 is 0 Å². The Labute approximate surface area is 125 Å². The number of amides is 1. The summed E-state index contributed by atoms with van der Waals surface area (Å²) >= 11 is 0. The molecule has 0 aliphatic rings. The Kier molecular flexibility index (Phi) is 5.09. The molecule has 2 nitrogen and oxygen atoms in total. The van der Waals surface area contributed by atoms with Gasteiger partial charge in [-0.3, -0.25) is 4.79 Å². The van der Waals surface area contributed by atoms with Gasteiger partial charge in [-0.25, -0.2) is 4.39 Å². The minimum atomic E-state index is -0.266. The highest BCUT2D eigenvalue weighted by atomic mass is 19.1. The third kappa shape index (κ3) is 4.71. The molecule has 2 aromatic rings. The van der Waals surface area contributed by atoms with Gasteiger partial charge in [-0.1, -0.05) is 38.1 Å². The number of benzene rings is 2. The largest absolute Gasteiger partial charge is 0.326 e. The Morgan fingerprint density at radius 3 is 2.62 bits per heavy atom. The molecule has 110 valence electrons. The number of halogens is 1. The highest BCUT2D eigenvalue weighted by Crippen LogP contribution is 2.18. The van der Waals surface area contributed by atoms with Crippen LogP contribution in [0.5, 0.6) is 0 Å². The summed E-state index contributed by atoms with van der Waals surface area (Å²) in [5, 5.41) is 2.89. The molecule has 0 saturated carbocycles. The standard InChI is InChI=1S/C18H20FNO/c1-13(2)15-6-4-8-17(12-15)20-18(21)10-9-14-5-3-7-16(19)11-14/h3-8,11-13H,9-10H2,1-2H3,(H,20,21). The van der Waals surface area contributed by atoms with Crippen molar-refractivity contribution in [3.05, 3.63) is 65.5 Å². The third-order valence-electron chi connectivity index (χ3n) is 3.37. The van der Waals surface area contributed by atoms with Crippen molar-refractivity contribution in [3.63, 3.8) is 0 Å². The number of carbonyl (C=O) groups excluding carboxylic acids is 1. The molecule has 21 heavy (non-hydrogen) atoms. The fourth-order valence-corrected chi connectivity index (χ4v) is 2.15. The molecule has 0 fully saturated rings. The first-order valence-corrected chi connectivity index (χ1v) is 7.19. The average molecular weight is 285 g/mol. The molecule has 0 saturated heterocycles. The van der Waals surface area contributed by atoms with Gasteiger partial charge < -0.3 is 5.32 Å². The maximum Gasteiger partial charge on any atom is 0.224 e. The Balaban J connectivity index is 1.91. The van der Waals surface area contributed by atoms with E-state index in [-0.39, 0.29) is 11.7 Å². The van der Waals surface area contributed by atoms with Gasteiger partial charge in [0.15, 0.2) is 0 Å². The molecule has 0 aliphatic heterocycles. The maximum absolute atomic E-state index is 13.1. The molecule has 0 aliphatic carbocycles. The van der Waals surface area contributed by atoms with Crippen LogP contribution in [0.4, 0.5) is 10.1 Å². The zero-order valence-corrected chi connectivity index (χ0v) is 12.4. The van der Waals surface area contributed by atoms with E-state index in [1.165, 1.54) is 17.7 Å². The van der Waals surface area contributed by atoms with E-state index in [2.05, 4.69) is 19.2 Å². The van der Waals surface area contributed by atoms with Crippen LogP contribution in [0.15, 0.2) is 48.5 Å². The van der Waals surface area contributed by atoms with Crippen molar-refractivity contribution in [2.75, 3.05) is 5.32 Å². The zero-order chi connectivity index (χ0) is 15.2. The van der Waals surface area contributed by atoms with E-state index in [9.17, 15) is 9.18 Å². The molecule has 0 spiro atoms. The number of rotatable bonds is 5. The average Bonchev–Trinajstić information content (AvgIpc) is 2.45. The van der Waals surface area contributed by atoms with Gasteiger partial charge in [-0.15, -0.1) is 0 Å². The van der Waals surface area contributed by atoms with E-state index in [4.69, 9.17) is 0 Å².